The van der Waals surface area contributed by atoms with Crippen LogP contribution < -0.4 is 5.32 Å². The maximum absolute atomic E-state index is 14.0. The summed E-state index contributed by atoms with van der Waals surface area (Å²) in [7, 11) is -3.52. The van der Waals surface area contributed by atoms with E-state index in [0.29, 0.717) is 40.7 Å². The van der Waals surface area contributed by atoms with Crippen LogP contribution in [0.2, 0.25) is 10.0 Å². The first-order valence-corrected chi connectivity index (χ1v) is 17.1. The van der Waals surface area contributed by atoms with Gasteiger partial charge in [0.2, 0.25) is 21.8 Å². The molecule has 1 fully saturated rings. The first kappa shape index (κ1) is 32.7. The third-order valence-corrected chi connectivity index (χ3v) is 10.4. The van der Waals surface area contributed by atoms with Crippen molar-refractivity contribution in [3.8, 4) is 0 Å². The molecule has 0 aromatic heterocycles. The van der Waals surface area contributed by atoms with Crippen molar-refractivity contribution in [2.75, 3.05) is 13.1 Å². The Morgan fingerprint density at radius 3 is 2.11 bits per heavy atom. The zero-order valence-electron chi connectivity index (χ0n) is 24.7. The summed E-state index contributed by atoms with van der Waals surface area (Å²) in [6.45, 7) is 1.47. The van der Waals surface area contributed by atoms with Gasteiger partial charge >= 0.3 is 0 Å². The molecule has 0 spiro atoms. The summed E-state index contributed by atoms with van der Waals surface area (Å²) in [5, 5.41) is 3.91. The monoisotopic (exact) mass is 663 g/mol. The van der Waals surface area contributed by atoms with Crippen LogP contribution in [-0.4, -0.2) is 42.5 Å². The topological polar surface area (TPSA) is 86.8 Å². The van der Waals surface area contributed by atoms with E-state index in [1.807, 2.05) is 60.7 Å². The van der Waals surface area contributed by atoms with E-state index in [1.165, 1.54) is 4.31 Å². The summed E-state index contributed by atoms with van der Waals surface area (Å²) in [4.78, 5) is 29.8. The molecule has 0 bridgehead atoms. The molecule has 0 aliphatic carbocycles. The summed E-state index contributed by atoms with van der Waals surface area (Å²) in [6, 6.07) is 29.7. The number of nitrogens with one attached hydrogen (secondary N) is 1. The number of carbonyl (C=O) groups excluding carboxylic acids is 2. The lowest BCUT2D eigenvalue weighted by atomic mass is 10.0. The van der Waals surface area contributed by atoms with E-state index < -0.39 is 16.1 Å². The Labute approximate surface area is 274 Å². The van der Waals surface area contributed by atoms with Gasteiger partial charge in [0.1, 0.15) is 6.04 Å². The molecule has 1 saturated heterocycles. The van der Waals surface area contributed by atoms with Crippen LogP contribution in [0.15, 0.2) is 108 Å². The summed E-state index contributed by atoms with van der Waals surface area (Å²) < 4.78 is 27.4. The van der Waals surface area contributed by atoms with Gasteiger partial charge < -0.3 is 10.2 Å². The van der Waals surface area contributed by atoms with Crippen LogP contribution in [0.4, 0.5) is 0 Å². The molecule has 0 radical (unpaired) electrons. The van der Waals surface area contributed by atoms with Crippen molar-refractivity contribution >= 4 is 45.0 Å². The van der Waals surface area contributed by atoms with Crippen LogP contribution in [0, 0.1) is 0 Å². The molecule has 1 atom stereocenters. The number of rotatable bonds is 12. The molecule has 4 aromatic carbocycles. The zero-order valence-corrected chi connectivity index (χ0v) is 27.1. The standard InChI is InChI=1S/C35H35Cl2N3O4S/c36-30-17-16-29(32(37)23-30)24-38-35(42)34(28-11-5-2-6-12-28)40(25-27-9-3-1-4-10-27)33(41)20-15-26-13-18-31(19-14-26)45(43,44)39-21-7-8-22-39/h1-6,9-14,16-19,23,34H,7-8,15,20-22,24-25H2,(H,38,42). The van der Waals surface area contributed by atoms with Crippen LogP contribution in [-0.2, 0) is 39.1 Å². The Bertz CT molecular complexity index is 1710. The number of halogens is 2. The number of amides is 2. The van der Waals surface area contributed by atoms with Crippen molar-refractivity contribution < 1.29 is 18.0 Å². The number of aryl methyl sites for hydroxylation is 1. The van der Waals surface area contributed by atoms with Gasteiger partial charge in [-0.25, -0.2) is 8.42 Å². The Balaban J connectivity index is 1.37. The number of carbonyl (C=O) groups is 2. The van der Waals surface area contributed by atoms with Crippen molar-refractivity contribution in [2.24, 2.45) is 0 Å². The van der Waals surface area contributed by atoms with E-state index in [-0.39, 0.29) is 36.2 Å². The second kappa shape index (κ2) is 15.1. The van der Waals surface area contributed by atoms with Gasteiger partial charge in [-0.2, -0.15) is 4.31 Å². The molecule has 4 aromatic rings. The number of nitrogens with zero attached hydrogens (tertiary/aromatic N) is 2. The maximum atomic E-state index is 14.0. The summed E-state index contributed by atoms with van der Waals surface area (Å²) in [5.41, 5.74) is 3.11. The van der Waals surface area contributed by atoms with Crippen LogP contribution in [0.5, 0.6) is 0 Å². The molecule has 7 nitrogen and oxygen atoms in total. The van der Waals surface area contributed by atoms with E-state index in [0.717, 1.165) is 24.0 Å². The smallest absolute Gasteiger partial charge is 0.247 e. The molecule has 1 unspecified atom stereocenters. The maximum Gasteiger partial charge on any atom is 0.247 e. The van der Waals surface area contributed by atoms with Crippen molar-refractivity contribution in [3.63, 3.8) is 0 Å². The van der Waals surface area contributed by atoms with E-state index >= 15 is 0 Å². The fraction of sp³-hybridized carbons (Fsp3) is 0.257. The minimum Gasteiger partial charge on any atom is -0.350 e. The average Bonchev–Trinajstić information content (AvgIpc) is 3.61. The lowest BCUT2D eigenvalue weighted by molar-refractivity contribution is -0.141. The molecule has 234 valence electrons. The van der Waals surface area contributed by atoms with Crippen LogP contribution >= 0.6 is 23.2 Å². The minimum absolute atomic E-state index is 0.130. The molecule has 1 heterocycles. The molecular weight excluding hydrogens is 629 g/mol. The summed E-state index contributed by atoms with van der Waals surface area (Å²) in [6.07, 6.45) is 2.26. The number of hydrogen-bond acceptors (Lipinski definition) is 4. The Kier molecular flexibility index (Phi) is 10.9. The van der Waals surface area contributed by atoms with Crippen LogP contribution in [0.3, 0.4) is 0 Å². The molecule has 2 amide bonds. The molecule has 10 heteroatoms. The zero-order chi connectivity index (χ0) is 31.8. The Hall–Kier alpha value is -3.69. The summed E-state index contributed by atoms with van der Waals surface area (Å²) in [5.74, 6) is -0.547. The molecular formula is C35H35Cl2N3O4S. The van der Waals surface area contributed by atoms with Crippen molar-refractivity contribution in [3.05, 3.63) is 135 Å². The highest BCUT2D eigenvalue weighted by molar-refractivity contribution is 7.89. The predicted molar refractivity (Wildman–Crippen MR) is 177 cm³/mol. The van der Waals surface area contributed by atoms with E-state index in [1.54, 1.807) is 47.4 Å². The van der Waals surface area contributed by atoms with E-state index in [2.05, 4.69) is 5.32 Å². The first-order valence-electron chi connectivity index (χ1n) is 14.9. The molecule has 45 heavy (non-hydrogen) atoms. The minimum atomic E-state index is -3.52. The van der Waals surface area contributed by atoms with Crippen molar-refractivity contribution in [2.45, 2.75) is 49.7 Å². The van der Waals surface area contributed by atoms with E-state index in [4.69, 9.17) is 23.2 Å². The fourth-order valence-corrected chi connectivity index (χ4v) is 7.45. The van der Waals surface area contributed by atoms with Gasteiger partial charge in [-0.05, 0) is 65.8 Å². The van der Waals surface area contributed by atoms with Gasteiger partial charge in [-0.1, -0.05) is 102 Å². The fourth-order valence-electron chi connectivity index (χ4n) is 5.46. The van der Waals surface area contributed by atoms with Gasteiger partial charge in [0.15, 0.2) is 0 Å². The van der Waals surface area contributed by atoms with Gasteiger partial charge in [0.05, 0.1) is 4.90 Å². The molecule has 1 N–H and O–H groups in total. The lowest BCUT2D eigenvalue weighted by Crippen LogP contribution is -2.43. The second-order valence-corrected chi connectivity index (χ2v) is 13.8. The molecule has 0 saturated carbocycles. The highest BCUT2D eigenvalue weighted by Gasteiger charge is 2.32. The predicted octanol–water partition coefficient (Wildman–Crippen LogP) is 6.80. The van der Waals surface area contributed by atoms with Crippen molar-refractivity contribution in [1.29, 1.82) is 0 Å². The molecule has 5 rings (SSSR count). The lowest BCUT2D eigenvalue weighted by Gasteiger charge is -2.32. The van der Waals surface area contributed by atoms with E-state index in [9.17, 15) is 18.0 Å². The first-order chi connectivity index (χ1) is 21.7. The highest BCUT2D eigenvalue weighted by Crippen LogP contribution is 2.27. The average molecular weight is 665 g/mol. The van der Waals surface area contributed by atoms with Crippen molar-refractivity contribution in [1.82, 2.24) is 14.5 Å². The van der Waals surface area contributed by atoms with Gasteiger partial charge in [0.25, 0.3) is 0 Å². The molecule has 1 aliphatic heterocycles. The number of benzene rings is 4. The summed E-state index contributed by atoms with van der Waals surface area (Å²) >= 11 is 12.4. The van der Waals surface area contributed by atoms with Crippen LogP contribution in [0.1, 0.15) is 47.6 Å². The third-order valence-electron chi connectivity index (χ3n) is 7.91. The quantitative estimate of drug-likeness (QED) is 0.181. The van der Waals surface area contributed by atoms with Gasteiger partial charge in [-0.3, -0.25) is 9.59 Å². The van der Waals surface area contributed by atoms with Crippen LogP contribution in [0.25, 0.3) is 0 Å². The Morgan fingerprint density at radius 1 is 0.822 bits per heavy atom. The van der Waals surface area contributed by atoms with Gasteiger partial charge in [-0.15, -0.1) is 0 Å². The Morgan fingerprint density at radius 2 is 1.47 bits per heavy atom. The number of sulfonamides is 1. The number of hydrogen-bond donors (Lipinski definition) is 1. The molecule has 1 aliphatic rings. The highest BCUT2D eigenvalue weighted by atomic mass is 35.5. The SMILES string of the molecule is O=C(NCc1ccc(Cl)cc1Cl)C(c1ccccc1)N(Cc1ccccc1)C(=O)CCc1ccc(S(=O)(=O)N2CCCC2)cc1. The largest absolute Gasteiger partial charge is 0.350 e. The second-order valence-electron chi connectivity index (χ2n) is 11.0. The van der Waals surface area contributed by atoms with Gasteiger partial charge in [0, 0.05) is 42.6 Å². The normalized spacial score (nSPS) is 14.2. The third kappa shape index (κ3) is 8.32.